The van der Waals surface area contributed by atoms with Crippen LogP contribution in [-0.2, 0) is 0 Å². The third-order valence-corrected chi connectivity index (χ3v) is 4.00. The molecule has 0 aliphatic carbocycles. The molecule has 0 atom stereocenters. The van der Waals surface area contributed by atoms with Crippen LogP contribution in [0, 0.1) is 12.7 Å². The summed E-state index contributed by atoms with van der Waals surface area (Å²) < 4.78 is 16.8. The predicted molar refractivity (Wildman–Crippen MR) is 94.8 cm³/mol. The SMILES string of the molecule is CCCCNC(=O)c1c(C)nn(-c2ccc(F)cc2)c1-n1cccc1. The van der Waals surface area contributed by atoms with Gasteiger partial charge in [0.05, 0.1) is 11.4 Å². The van der Waals surface area contributed by atoms with Crippen molar-refractivity contribution in [1.82, 2.24) is 19.7 Å². The van der Waals surface area contributed by atoms with Crippen molar-refractivity contribution in [1.29, 1.82) is 0 Å². The van der Waals surface area contributed by atoms with Gasteiger partial charge in [-0.3, -0.25) is 4.79 Å². The Morgan fingerprint density at radius 3 is 2.52 bits per heavy atom. The van der Waals surface area contributed by atoms with Crippen LogP contribution in [0.3, 0.4) is 0 Å². The minimum Gasteiger partial charge on any atom is -0.352 e. The molecule has 0 aliphatic heterocycles. The highest BCUT2D eigenvalue weighted by molar-refractivity contribution is 5.98. The number of carbonyl (C=O) groups is 1. The van der Waals surface area contributed by atoms with Gasteiger partial charge in [-0.1, -0.05) is 13.3 Å². The van der Waals surface area contributed by atoms with Gasteiger partial charge in [-0.05, 0) is 49.7 Å². The third kappa shape index (κ3) is 3.47. The molecule has 0 fully saturated rings. The van der Waals surface area contributed by atoms with E-state index in [4.69, 9.17) is 0 Å². The van der Waals surface area contributed by atoms with E-state index in [1.807, 2.05) is 36.0 Å². The first-order valence-corrected chi connectivity index (χ1v) is 8.39. The zero-order chi connectivity index (χ0) is 17.8. The van der Waals surface area contributed by atoms with Gasteiger partial charge in [0.2, 0.25) is 0 Å². The Morgan fingerprint density at radius 1 is 1.20 bits per heavy atom. The molecule has 0 spiro atoms. The Hall–Kier alpha value is -2.89. The summed E-state index contributed by atoms with van der Waals surface area (Å²) in [7, 11) is 0. The monoisotopic (exact) mass is 340 g/mol. The van der Waals surface area contributed by atoms with Gasteiger partial charge in [0.15, 0.2) is 5.82 Å². The van der Waals surface area contributed by atoms with Gasteiger partial charge in [-0.25, -0.2) is 9.07 Å². The van der Waals surface area contributed by atoms with Crippen molar-refractivity contribution in [3.63, 3.8) is 0 Å². The summed E-state index contributed by atoms with van der Waals surface area (Å²) in [5, 5.41) is 7.48. The molecule has 0 saturated carbocycles. The first-order chi connectivity index (χ1) is 12.1. The summed E-state index contributed by atoms with van der Waals surface area (Å²) in [6.45, 7) is 4.51. The van der Waals surface area contributed by atoms with E-state index in [2.05, 4.69) is 17.3 Å². The van der Waals surface area contributed by atoms with Crippen molar-refractivity contribution < 1.29 is 9.18 Å². The third-order valence-electron chi connectivity index (χ3n) is 4.00. The first kappa shape index (κ1) is 17.0. The van der Waals surface area contributed by atoms with Crippen molar-refractivity contribution in [2.45, 2.75) is 26.7 Å². The molecule has 0 radical (unpaired) electrons. The topological polar surface area (TPSA) is 51.9 Å². The predicted octanol–water partition coefficient (Wildman–Crippen LogP) is 3.64. The average Bonchev–Trinajstić information content (AvgIpc) is 3.23. The van der Waals surface area contributed by atoms with Crippen LogP contribution in [0.15, 0.2) is 48.8 Å². The largest absolute Gasteiger partial charge is 0.352 e. The molecule has 1 amide bonds. The number of aryl methyl sites for hydroxylation is 1. The van der Waals surface area contributed by atoms with Crippen LogP contribution in [0.4, 0.5) is 4.39 Å². The zero-order valence-electron chi connectivity index (χ0n) is 14.4. The van der Waals surface area contributed by atoms with Crippen LogP contribution in [0.25, 0.3) is 11.5 Å². The van der Waals surface area contributed by atoms with Crippen LogP contribution in [0.5, 0.6) is 0 Å². The fourth-order valence-corrected chi connectivity index (χ4v) is 2.72. The lowest BCUT2D eigenvalue weighted by Gasteiger charge is -2.11. The number of hydrogen-bond donors (Lipinski definition) is 1. The van der Waals surface area contributed by atoms with Crippen LogP contribution in [0.1, 0.15) is 35.8 Å². The number of carbonyl (C=O) groups excluding carboxylic acids is 1. The minimum atomic E-state index is -0.312. The molecule has 2 aromatic heterocycles. The average molecular weight is 340 g/mol. The van der Waals surface area contributed by atoms with Gasteiger partial charge in [0.25, 0.3) is 5.91 Å². The van der Waals surface area contributed by atoms with Gasteiger partial charge >= 0.3 is 0 Å². The minimum absolute atomic E-state index is 0.150. The van der Waals surface area contributed by atoms with Crippen molar-refractivity contribution >= 4 is 5.91 Å². The van der Waals surface area contributed by atoms with Crippen LogP contribution >= 0.6 is 0 Å². The van der Waals surface area contributed by atoms with Gasteiger partial charge in [0.1, 0.15) is 11.4 Å². The molecule has 3 aromatic rings. The lowest BCUT2D eigenvalue weighted by atomic mass is 10.2. The molecule has 0 saturated heterocycles. The van der Waals surface area contributed by atoms with E-state index in [1.54, 1.807) is 16.8 Å². The molecule has 3 rings (SSSR count). The highest BCUT2D eigenvalue weighted by atomic mass is 19.1. The Labute approximate surface area is 146 Å². The number of amides is 1. The van der Waals surface area contributed by atoms with E-state index in [1.165, 1.54) is 12.1 Å². The maximum Gasteiger partial charge on any atom is 0.256 e. The Balaban J connectivity index is 2.09. The number of unbranched alkanes of at least 4 members (excludes halogenated alkanes) is 1. The summed E-state index contributed by atoms with van der Waals surface area (Å²) in [5.41, 5.74) is 1.85. The Kier molecular flexibility index (Phi) is 4.97. The Bertz CT molecular complexity index is 850. The number of halogens is 1. The summed E-state index contributed by atoms with van der Waals surface area (Å²) in [6, 6.07) is 9.83. The molecule has 0 unspecified atom stereocenters. The second kappa shape index (κ2) is 7.34. The van der Waals surface area contributed by atoms with E-state index in [9.17, 15) is 9.18 Å². The fourth-order valence-electron chi connectivity index (χ4n) is 2.72. The molecular formula is C19H21FN4O. The number of nitrogens with zero attached hydrogens (tertiary/aromatic N) is 3. The molecule has 2 heterocycles. The van der Waals surface area contributed by atoms with Crippen molar-refractivity contribution in [3.8, 4) is 11.5 Å². The molecular weight excluding hydrogens is 319 g/mol. The number of benzene rings is 1. The maximum atomic E-state index is 13.3. The zero-order valence-corrected chi connectivity index (χ0v) is 14.4. The standard InChI is InChI=1S/C19H21FN4O/c1-3-4-11-21-18(25)17-14(2)22-24(16-9-7-15(20)8-10-16)19(17)23-12-5-6-13-23/h5-10,12-13H,3-4,11H2,1-2H3,(H,21,25). The highest BCUT2D eigenvalue weighted by Gasteiger charge is 2.23. The molecule has 130 valence electrons. The Morgan fingerprint density at radius 2 is 1.88 bits per heavy atom. The highest BCUT2D eigenvalue weighted by Crippen LogP contribution is 2.23. The molecule has 1 N–H and O–H groups in total. The summed E-state index contributed by atoms with van der Waals surface area (Å²) in [6.07, 6.45) is 5.66. The summed E-state index contributed by atoms with van der Waals surface area (Å²) in [4.78, 5) is 12.7. The van der Waals surface area contributed by atoms with Crippen molar-refractivity contribution in [2.75, 3.05) is 6.54 Å². The number of rotatable bonds is 6. The fraction of sp³-hybridized carbons (Fsp3) is 0.263. The van der Waals surface area contributed by atoms with Crippen LogP contribution < -0.4 is 5.32 Å². The van der Waals surface area contributed by atoms with Gasteiger partial charge in [0, 0.05) is 18.9 Å². The lowest BCUT2D eigenvalue weighted by molar-refractivity contribution is 0.0952. The van der Waals surface area contributed by atoms with Crippen LogP contribution in [-0.4, -0.2) is 26.8 Å². The van der Waals surface area contributed by atoms with Crippen molar-refractivity contribution in [2.24, 2.45) is 0 Å². The summed E-state index contributed by atoms with van der Waals surface area (Å²) in [5.74, 6) is 0.179. The number of nitrogens with one attached hydrogen (secondary N) is 1. The van der Waals surface area contributed by atoms with Gasteiger partial charge < -0.3 is 9.88 Å². The normalized spacial score (nSPS) is 10.8. The molecule has 0 bridgehead atoms. The molecule has 5 nitrogen and oxygen atoms in total. The van der Waals surface area contributed by atoms with Crippen molar-refractivity contribution in [3.05, 3.63) is 65.9 Å². The second-order valence-corrected chi connectivity index (χ2v) is 5.87. The van der Waals surface area contributed by atoms with E-state index >= 15 is 0 Å². The molecule has 25 heavy (non-hydrogen) atoms. The lowest BCUT2D eigenvalue weighted by Crippen LogP contribution is -2.26. The van der Waals surface area contributed by atoms with E-state index in [-0.39, 0.29) is 11.7 Å². The second-order valence-electron chi connectivity index (χ2n) is 5.87. The van der Waals surface area contributed by atoms with Gasteiger partial charge in [-0.2, -0.15) is 5.10 Å². The van der Waals surface area contributed by atoms with E-state index in [0.717, 1.165) is 12.8 Å². The smallest absolute Gasteiger partial charge is 0.256 e. The van der Waals surface area contributed by atoms with Gasteiger partial charge in [-0.15, -0.1) is 0 Å². The summed E-state index contributed by atoms with van der Waals surface area (Å²) >= 11 is 0. The van der Waals surface area contributed by atoms with E-state index < -0.39 is 0 Å². The number of hydrogen-bond acceptors (Lipinski definition) is 2. The first-order valence-electron chi connectivity index (χ1n) is 8.39. The molecule has 6 heteroatoms. The van der Waals surface area contributed by atoms with Crippen LogP contribution in [0.2, 0.25) is 0 Å². The van der Waals surface area contributed by atoms with E-state index in [0.29, 0.717) is 29.3 Å². The molecule has 1 aromatic carbocycles. The molecule has 0 aliphatic rings. The quantitative estimate of drug-likeness (QED) is 0.697. The maximum absolute atomic E-state index is 13.3. The number of aromatic nitrogens is 3.